The molecule has 5 amide bonds. The smallest absolute Gasteiger partial charge is 0.326 e. The highest BCUT2D eigenvalue weighted by Gasteiger charge is 2.49. The molecule has 0 aromatic carbocycles. The monoisotopic (exact) mass is 704 g/mol. The van der Waals surface area contributed by atoms with Gasteiger partial charge < -0.3 is 48.5 Å². The molecule has 15 heteroatoms. The summed E-state index contributed by atoms with van der Waals surface area (Å²) in [6, 6.07) is -6.24. The first-order valence-electron chi connectivity index (χ1n) is 18.4. The summed E-state index contributed by atoms with van der Waals surface area (Å²) in [5.74, 6) is -3.64. The maximum atomic E-state index is 14.6. The van der Waals surface area contributed by atoms with Crippen LogP contribution in [0.4, 0.5) is 0 Å². The number of hydrogen-bond acceptors (Lipinski definition) is 9. The standard InChI is InChI=1S/C35H60N8O7/c1-21(2)19-27(35(49)50)42-33(47)29-20-22-11-3-6-16-28(22)43(29)34(48)26-15-5-4-12-23(38)30(44)39-24(13-7-9-17-36)31(45)40-25(32(46)41-26)14-8-10-18-37/h4-5,21-29H,3,6-20,36-38H2,1-2H3,(H,39,44)(H,40,45)(H,41,46)(H,42,47)(H,49,50)/b5-4+/t22-,23-,24-,25-,26-,27-,28-,29?/m0/s1. The summed E-state index contributed by atoms with van der Waals surface area (Å²) in [6.07, 6.45) is 10.5. The average Bonchev–Trinajstić information content (AvgIpc) is 3.47. The van der Waals surface area contributed by atoms with Crippen molar-refractivity contribution < 1.29 is 33.9 Å². The minimum absolute atomic E-state index is 0.0192. The van der Waals surface area contributed by atoms with E-state index in [1.165, 1.54) is 0 Å². The molecule has 2 fully saturated rings. The Morgan fingerprint density at radius 1 is 0.880 bits per heavy atom. The lowest BCUT2D eigenvalue weighted by atomic mass is 9.84. The van der Waals surface area contributed by atoms with Crippen LogP contribution in [0.25, 0.3) is 0 Å². The van der Waals surface area contributed by atoms with Gasteiger partial charge >= 0.3 is 5.97 Å². The van der Waals surface area contributed by atoms with Gasteiger partial charge in [0, 0.05) is 6.04 Å². The summed E-state index contributed by atoms with van der Waals surface area (Å²) in [5.41, 5.74) is 17.5. The summed E-state index contributed by atoms with van der Waals surface area (Å²) < 4.78 is 0. The van der Waals surface area contributed by atoms with Gasteiger partial charge in [-0.3, -0.25) is 24.0 Å². The van der Waals surface area contributed by atoms with Crippen LogP contribution in [0.15, 0.2) is 12.2 Å². The Hall–Kier alpha value is -3.56. The van der Waals surface area contributed by atoms with Crippen LogP contribution in [0.1, 0.15) is 104 Å². The van der Waals surface area contributed by atoms with Crippen LogP contribution >= 0.6 is 0 Å². The molecule has 0 aromatic rings. The first-order valence-corrected chi connectivity index (χ1v) is 18.4. The van der Waals surface area contributed by atoms with Gasteiger partial charge in [-0.1, -0.05) is 38.8 Å². The van der Waals surface area contributed by atoms with Gasteiger partial charge in [0.25, 0.3) is 0 Å². The van der Waals surface area contributed by atoms with Gasteiger partial charge in [0.05, 0.1) is 6.04 Å². The van der Waals surface area contributed by atoms with Crippen molar-refractivity contribution in [3.8, 4) is 0 Å². The van der Waals surface area contributed by atoms with Crippen molar-refractivity contribution in [2.24, 2.45) is 29.0 Å². The van der Waals surface area contributed by atoms with E-state index in [2.05, 4.69) is 21.3 Å². The van der Waals surface area contributed by atoms with Crippen molar-refractivity contribution in [2.45, 2.75) is 146 Å². The minimum atomic E-state index is -1.14. The molecule has 0 radical (unpaired) electrons. The number of nitrogens with two attached hydrogens (primary N) is 3. The van der Waals surface area contributed by atoms with E-state index in [1.807, 2.05) is 13.8 Å². The number of aliphatic carboxylic acids is 1. The average molecular weight is 705 g/mol. The molecular weight excluding hydrogens is 644 g/mol. The Bertz CT molecular complexity index is 1210. The zero-order valence-corrected chi connectivity index (χ0v) is 29.7. The van der Waals surface area contributed by atoms with Gasteiger partial charge in [-0.25, -0.2) is 4.79 Å². The fourth-order valence-corrected chi connectivity index (χ4v) is 7.30. The third kappa shape index (κ3) is 11.8. The number of likely N-dealkylation sites (tertiary alicyclic amines) is 1. The van der Waals surface area contributed by atoms with E-state index in [4.69, 9.17) is 17.2 Å². The van der Waals surface area contributed by atoms with Crippen LogP contribution in [0.2, 0.25) is 0 Å². The molecule has 282 valence electrons. The lowest BCUT2D eigenvalue weighted by Crippen LogP contribution is -2.60. The van der Waals surface area contributed by atoms with Crippen LogP contribution in [-0.4, -0.2) is 101 Å². The minimum Gasteiger partial charge on any atom is -0.480 e. The van der Waals surface area contributed by atoms with Crippen LogP contribution < -0.4 is 38.5 Å². The van der Waals surface area contributed by atoms with Crippen molar-refractivity contribution in [1.29, 1.82) is 0 Å². The molecule has 1 saturated heterocycles. The lowest BCUT2D eigenvalue weighted by molar-refractivity contribution is -0.146. The molecule has 50 heavy (non-hydrogen) atoms. The van der Waals surface area contributed by atoms with Gasteiger partial charge in [0.1, 0.15) is 30.2 Å². The second-order valence-corrected chi connectivity index (χ2v) is 14.4. The molecule has 1 unspecified atom stereocenters. The van der Waals surface area contributed by atoms with Crippen molar-refractivity contribution in [1.82, 2.24) is 26.2 Å². The molecule has 2 heterocycles. The highest BCUT2D eigenvalue weighted by molar-refractivity contribution is 5.97. The largest absolute Gasteiger partial charge is 0.480 e. The number of nitrogens with zero attached hydrogens (tertiary/aromatic N) is 1. The number of amides is 5. The fraction of sp³-hybridized carbons (Fsp3) is 0.771. The van der Waals surface area contributed by atoms with Gasteiger partial charge in [-0.05, 0) is 102 Å². The highest BCUT2D eigenvalue weighted by atomic mass is 16.4. The number of carboxylic acids is 1. The lowest BCUT2D eigenvalue weighted by Gasteiger charge is -2.36. The number of hydrogen-bond donors (Lipinski definition) is 8. The predicted molar refractivity (Wildman–Crippen MR) is 188 cm³/mol. The predicted octanol–water partition coefficient (Wildman–Crippen LogP) is 0.151. The topological polar surface area (TPSA) is 252 Å². The molecular formula is C35H60N8O7. The zero-order chi connectivity index (χ0) is 36.8. The number of fused-ring (bicyclic) bond motifs is 1. The number of carbonyl (C=O) groups is 6. The van der Waals surface area contributed by atoms with E-state index in [9.17, 15) is 33.9 Å². The van der Waals surface area contributed by atoms with Crippen LogP contribution in [0.3, 0.4) is 0 Å². The number of nitrogens with one attached hydrogen (secondary N) is 4. The number of carbonyl (C=O) groups excluding carboxylic acids is 5. The Morgan fingerprint density at radius 2 is 1.46 bits per heavy atom. The van der Waals surface area contributed by atoms with Gasteiger partial charge in [0.15, 0.2) is 0 Å². The maximum absolute atomic E-state index is 14.6. The van der Waals surface area contributed by atoms with Crippen LogP contribution in [0.5, 0.6) is 0 Å². The van der Waals surface area contributed by atoms with E-state index in [0.29, 0.717) is 58.0 Å². The Morgan fingerprint density at radius 3 is 2.06 bits per heavy atom. The van der Waals surface area contributed by atoms with Gasteiger partial charge in [-0.2, -0.15) is 0 Å². The summed E-state index contributed by atoms with van der Waals surface area (Å²) in [5, 5.41) is 20.9. The number of carboxylic acid groups (broad SMARTS) is 1. The SMILES string of the molecule is CC(C)C[C@H](NC(=O)C1C[C@@H]2CCCC[C@@H]2N1C(=O)[C@@H]1C/C=C/C[C@H](N)C(=O)N[C@@H](CCCCN)C(=O)N[C@@H](CCCCN)C(=O)N1)C(=O)O. The summed E-state index contributed by atoms with van der Waals surface area (Å²) in [7, 11) is 0. The molecule has 15 nitrogen and oxygen atoms in total. The summed E-state index contributed by atoms with van der Waals surface area (Å²) in [4.78, 5) is 82.4. The third-order valence-electron chi connectivity index (χ3n) is 10.0. The first-order chi connectivity index (χ1) is 23.9. The maximum Gasteiger partial charge on any atom is 0.326 e. The van der Waals surface area contributed by atoms with Gasteiger partial charge in [-0.15, -0.1) is 0 Å². The molecule has 1 saturated carbocycles. The number of rotatable bonds is 14. The van der Waals surface area contributed by atoms with E-state index in [-0.39, 0.29) is 43.6 Å². The van der Waals surface area contributed by atoms with Crippen molar-refractivity contribution in [3.05, 3.63) is 12.2 Å². The quantitative estimate of drug-likeness (QED) is 0.0898. The molecule has 0 aromatic heterocycles. The molecule has 11 N–H and O–H groups in total. The second kappa shape index (κ2) is 20.3. The molecule has 3 rings (SSSR count). The Kier molecular flexibility index (Phi) is 16.6. The third-order valence-corrected chi connectivity index (χ3v) is 10.0. The summed E-state index contributed by atoms with van der Waals surface area (Å²) in [6.45, 7) is 4.56. The van der Waals surface area contributed by atoms with E-state index < -0.39 is 71.8 Å². The van der Waals surface area contributed by atoms with Crippen molar-refractivity contribution >= 4 is 35.5 Å². The molecule has 1 aliphatic carbocycles. The van der Waals surface area contributed by atoms with E-state index in [1.54, 1.807) is 17.1 Å². The van der Waals surface area contributed by atoms with Crippen LogP contribution in [0, 0.1) is 11.8 Å². The molecule has 3 aliphatic rings. The van der Waals surface area contributed by atoms with Crippen LogP contribution in [-0.2, 0) is 28.8 Å². The Labute approximate surface area is 295 Å². The normalized spacial score (nSPS) is 29.2. The van der Waals surface area contributed by atoms with Gasteiger partial charge in [0.2, 0.25) is 29.5 Å². The highest BCUT2D eigenvalue weighted by Crippen LogP contribution is 2.40. The molecule has 8 atom stereocenters. The summed E-state index contributed by atoms with van der Waals surface area (Å²) >= 11 is 0. The molecule has 0 spiro atoms. The van der Waals surface area contributed by atoms with Crippen molar-refractivity contribution in [2.75, 3.05) is 13.1 Å². The van der Waals surface area contributed by atoms with E-state index in [0.717, 1.165) is 19.3 Å². The van der Waals surface area contributed by atoms with E-state index >= 15 is 0 Å². The zero-order valence-electron chi connectivity index (χ0n) is 29.7. The molecule has 0 bridgehead atoms. The van der Waals surface area contributed by atoms with Crippen molar-refractivity contribution in [3.63, 3.8) is 0 Å². The number of unbranched alkanes of at least 4 members (excludes halogenated alkanes) is 2. The first kappa shape index (κ1) is 40.9. The Balaban J connectivity index is 1.95. The molecule has 2 aliphatic heterocycles. The second-order valence-electron chi connectivity index (χ2n) is 14.4. The fourth-order valence-electron chi connectivity index (χ4n) is 7.30.